The van der Waals surface area contributed by atoms with Crippen LogP contribution in [0.2, 0.25) is 0 Å². The largest absolute Gasteiger partial charge is 0.497 e. The Labute approximate surface area is 146 Å². The second-order valence-electron chi connectivity index (χ2n) is 5.71. The number of hydrogen-bond acceptors (Lipinski definition) is 3. The van der Waals surface area contributed by atoms with E-state index in [-0.39, 0.29) is 0 Å². The van der Waals surface area contributed by atoms with Crippen LogP contribution in [0.5, 0.6) is 5.75 Å². The van der Waals surface area contributed by atoms with Crippen molar-refractivity contribution in [2.45, 2.75) is 6.61 Å². The third kappa shape index (κ3) is 3.06. The van der Waals surface area contributed by atoms with Crippen molar-refractivity contribution in [1.82, 2.24) is 9.71 Å². The molecule has 0 fully saturated rings. The van der Waals surface area contributed by atoms with Crippen LogP contribution in [0.1, 0.15) is 5.56 Å². The van der Waals surface area contributed by atoms with E-state index in [9.17, 15) is 0 Å². The van der Waals surface area contributed by atoms with E-state index in [1.807, 2.05) is 78.9 Å². The molecule has 0 aliphatic rings. The van der Waals surface area contributed by atoms with Gasteiger partial charge in [0.25, 0.3) is 0 Å². The maximum atomic E-state index is 6.13. The van der Waals surface area contributed by atoms with Crippen molar-refractivity contribution < 1.29 is 9.57 Å². The Hall–Kier alpha value is -3.27. The summed E-state index contributed by atoms with van der Waals surface area (Å²) in [6, 6.07) is 25.9. The molecule has 3 aromatic carbocycles. The van der Waals surface area contributed by atoms with Gasteiger partial charge in [0.05, 0.1) is 12.6 Å². The van der Waals surface area contributed by atoms with Gasteiger partial charge in [-0.2, -0.15) is 4.73 Å². The summed E-state index contributed by atoms with van der Waals surface area (Å²) < 4.78 is 7.15. The summed E-state index contributed by atoms with van der Waals surface area (Å²) in [6.45, 7) is 0.462. The highest BCUT2D eigenvalue weighted by Crippen LogP contribution is 2.27. The predicted molar refractivity (Wildman–Crippen MR) is 98.4 cm³/mol. The second-order valence-corrected chi connectivity index (χ2v) is 5.71. The molecular weight excluding hydrogens is 312 g/mol. The monoisotopic (exact) mass is 330 g/mol. The maximum absolute atomic E-state index is 6.13. The molecule has 0 atom stereocenters. The number of ether oxygens (including phenoxy) is 1. The van der Waals surface area contributed by atoms with Crippen molar-refractivity contribution in [2.24, 2.45) is 0 Å². The summed E-state index contributed by atoms with van der Waals surface area (Å²) in [7, 11) is 1.66. The maximum Gasteiger partial charge on any atom is 0.176 e. The van der Waals surface area contributed by atoms with Crippen LogP contribution in [0.25, 0.3) is 22.4 Å². The minimum Gasteiger partial charge on any atom is -0.497 e. The molecule has 4 aromatic rings. The molecule has 1 heterocycles. The SMILES string of the molecule is COc1ccc2nc(-c3ccccc3)n(OCc3ccccc3)c2c1. The van der Waals surface area contributed by atoms with Crippen molar-refractivity contribution in [3.63, 3.8) is 0 Å². The van der Waals surface area contributed by atoms with Gasteiger partial charge in [-0.1, -0.05) is 60.7 Å². The minimum atomic E-state index is 0.462. The first-order valence-electron chi connectivity index (χ1n) is 8.14. The van der Waals surface area contributed by atoms with Crippen LogP contribution >= 0.6 is 0 Å². The minimum absolute atomic E-state index is 0.462. The van der Waals surface area contributed by atoms with Gasteiger partial charge in [0, 0.05) is 11.6 Å². The van der Waals surface area contributed by atoms with E-state index >= 15 is 0 Å². The van der Waals surface area contributed by atoms with Gasteiger partial charge in [0.15, 0.2) is 5.82 Å². The summed E-state index contributed by atoms with van der Waals surface area (Å²) in [5, 5.41) is 0. The van der Waals surface area contributed by atoms with E-state index in [0.717, 1.165) is 33.7 Å². The number of hydrogen-bond donors (Lipinski definition) is 0. The fourth-order valence-corrected chi connectivity index (χ4v) is 2.77. The lowest BCUT2D eigenvalue weighted by Crippen LogP contribution is -2.12. The molecule has 0 saturated heterocycles. The molecule has 124 valence electrons. The number of imidazole rings is 1. The van der Waals surface area contributed by atoms with Crippen LogP contribution in [0, 0.1) is 0 Å². The molecule has 4 nitrogen and oxygen atoms in total. The van der Waals surface area contributed by atoms with Gasteiger partial charge < -0.3 is 9.57 Å². The first-order valence-corrected chi connectivity index (χ1v) is 8.14. The molecule has 0 spiro atoms. The van der Waals surface area contributed by atoms with Gasteiger partial charge in [-0.05, 0) is 17.7 Å². The van der Waals surface area contributed by atoms with Crippen molar-refractivity contribution in [1.29, 1.82) is 0 Å². The fraction of sp³-hybridized carbons (Fsp3) is 0.0952. The summed E-state index contributed by atoms with van der Waals surface area (Å²) in [6.07, 6.45) is 0. The number of benzene rings is 3. The first kappa shape index (κ1) is 15.3. The molecule has 4 rings (SSSR count). The fourth-order valence-electron chi connectivity index (χ4n) is 2.77. The zero-order valence-corrected chi connectivity index (χ0v) is 13.9. The van der Waals surface area contributed by atoms with E-state index in [2.05, 4.69) is 0 Å². The van der Waals surface area contributed by atoms with Gasteiger partial charge in [0.1, 0.15) is 17.9 Å². The Morgan fingerprint density at radius 3 is 2.32 bits per heavy atom. The standard InChI is InChI=1S/C21H18N2O2/c1-24-18-12-13-19-20(14-18)23(25-15-16-8-4-2-5-9-16)21(22-19)17-10-6-3-7-11-17/h2-14H,15H2,1H3. The summed E-state index contributed by atoms with van der Waals surface area (Å²) in [5.41, 5.74) is 3.86. The zero-order valence-electron chi connectivity index (χ0n) is 13.9. The summed E-state index contributed by atoms with van der Waals surface area (Å²) in [5.74, 6) is 1.55. The molecule has 1 aromatic heterocycles. The van der Waals surface area contributed by atoms with Gasteiger partial charge in [0.2, 0.25) is 0 Å². The van der Waals surface area contributed by atoms with Gasteiger partial charge in [-0.25, -0.2) is 4.98 Å². The molecule has 0 saturated carbocycles. The van der Waals surface area contributed by atoms with Gasteiger partial charge >= 0.3 is 0 Å². The third-order valence-corrected chi connectivity index (χ3v) is 4.06. The molecule has 0 amide bonds. The van der Waals surface area contributed by atoms with Crippen LogP contribution in [0.3, 0.4) is 0 Å². The number of rotatable bonds is 5. The first-order chi connectivity index (χ1) is 12.3. The van der Waals surface area contributed by atoms with Crippen molar-refractivity contribution in [2.75, 3.05) is 7.11 Å². The molecule has 25 heavy (non-hydrogen) atoms. The molecule has 0 bridgehead atoms. The quantitative estimate of drug-likeness (QED) is 0.546. The van der Waals surface area contributed by atoms with Crippen LogP contribution < -0.4 is 9.57 Å². The van der Waals surface area contributed by atoms with Crippen LogP contribution in [0.4, 0.5) is 0 Å². The molecule has 0 aliphatic carbocycles. The summed E-state index contributed by atoms with van der Waals surface area (Å²) in [4.78, 5) is 10.9. The number of nitrogens with zero attached hydrogens (tertiary/aromatic N) is 2. The lowest BCUT2D eigenvalue weighted by Gasteiger charge is -2.11. The second kappa shape index (κ2) is 6.69. The highest BCUT2D eigenvalue weighted by molar-refractivity contribution is 5.81. The topological polar surface area (TPSA) is 36.3 Å². The highest BCUT2D eigenvalue weighted by atomic mass is 16.7. The van der Waals surface area contributed by atoms with Crippen LogP contribution in [-0.2, 0) is 6.61 Å². The molecule has 4 heteroatoms. The van der Waals surface area contributed by atoms with E-state index in [1.54, 1.807) is 11.8 Å². The van der Waals surface area contributed by atoms with Crippen LogP contribution in [-0.4, -0.2) is 16.8 Å². The number of aromatic nitrogens is 2. The molecule has 0 aliphatic heterocycles. The Morgan fingerprint density at radius 1 is 0.880 bits per heavy atom. The van der Waals surface area contributed by atoms with Gasteiger partial charge in [-0.15, -0.1) is 0 Å². The van der Waals surface area contributed by atoms with Crippen molar-refractivity contribution in [3.8, 4) is 17.1 Å². The van der Waals surface area contributed by atoms with Gasteiger partial charge in [-0.3, -0.25) is 0 Å². The Kier molecular flexibility index (Phi) is 4.09. The van der Waals surface area contributed by atoms with Crippen molar-refractivity contribution in [3.05, 3.63) is 84.4 Å². The summed E-state index contributed by atoms with van der Waals surface area (Å²) >= 11 is 0. The third-order valence-electron chi connectivity index (χ3n) is 4.06. The average Bonchev–Trinajstić information content (AvgIpc) is 3.05. The predicted octanol–water partition coefficient (Wildman–Crippen LogP) is 4.34. The Balaban J connectivity index is 1.80. The lowest BCUT2D eigenvalue weighted by molar-refractivity contribution is 0.110. The number of methoxy groups -OCH3 is 1. The molecule has 0 N–H and O–H groups in total. The smallest absolute Gasteiger partial charge is 0.176 e. The lowest BCUT2D eigenvalue weighted by atomic mass is 10.2. The van der Waals surface area contributed by atoms with Crippen LogP contribution in [0.15, 0.2) is 78.9 Å². The van der Waals surface area contributed by atoms with E-state index in [4.69, 9.17) is 14.6 Å². The molecule has 0 radical (unpaired) electrons. The normalized spacial score (nSPS) is 10.8. The Morgan fingerprint density at radius 2 is 1.60 bits per heavy atom. The Bertz CT molecular complexity index is 979. The average molecular weight is 330 g/mol. The highest BCUT2D eigenvalue weighted by Gasteiger charge is 2.14. The van der Waals surface area contributed by atoms with E-state index in [0.29, 0.717) is 6.61 Å². The van der Waals surface area contributed by atoms with E-state index < -0.39 is 0 Å². The van der Waals surface area contributed by atoms with E-state index in [1.165, 1.54) is 0 Å². The molecular formula is C21H18N2O2. The number of fused-ring (bicyclic) bond motifs is 1. The van der Waals surface area contributed by atoms with Crippen molar-refractivity contribution >= 4 is 11.0 Å². The zero-order chi connectivity index (χ0) is 17.1. The molecule has 0 unspecified atom stereocenters.